The highest BCUT2D eigenvalue weighted by molar-refractivity contribution is 5.74. The van der Waals surface area contributed by atoms with Crippen molar-refractivity contribution in [3.8, 4) is 0 Å². The molecule has 1 heterocycles. The molecule has 0 spiro atoms. The lowest BCUT2D eigenvalue weighted by molar-refractivity contribution is 0.0431. The van der Waals surface area contributed by atoms with Crippen LogP contribution in [0.15, 0.2) is 12.2 Å². The van der Waals surface area contributed by atoms with Crippen molar-refractivity contribution in [2.24, 2.45) is 5.92 Å². The highest BCUT2D eigenvalue weighted by Gasteiger charge is 2.26. The van der Waals surface area contributed by atoms with Gasteiger partial charge in [-0.3, -0.25) is 0 Å². The Morgan fingerprint density at radius 2 is 2.33 bits per heavy atom. The molecule has 0 aromatic heterocycles. The van der Waals surface area contributed by atoms with Crippen LogP contribution in [-0.4, -0.2) is 55.0 Å². The summed E-state index contributed by atoms with van der Waals surface area (Å²) < 4.78 is 5.29. The zero-order chi connectivity index (χ0) is 13.5. The summed E-state index contributed by atoms with van der Waals surface area (Å²) in [6.45, 7) is 10.2. The second-order valence-corrected chi connectivity index (χ2v) is 5.02. The number of hydrogen-bond acceptors (Lipinski definition) is 3. The Balaban J connectivity index is 2.15. The van der Waals surface area contributed by atoms with Gasteiger partial charge in [-0.2, -0.15) is 0 Å². The van der Waals surface area contributed by atoms with E-state index in [-0.39, 0.29) is 11.9 Å². The molecule has 5 heteroatoms. The van der Waals surface area contributed by atoms with E-state index in [4.69, 9.17) is 4.74 Å². The van der Waals surface area contributed by atoms with Crippen LogP contribution >= 0.6 is 0 Å². The average molecular weight is 256 g/mol. The predicted octanol–water partition coefficient (Wildman–Crippen LogP) is 0.991. The number of urea groups is 1. The number of nitrogens with one attached hydrogen (secondary N) is 1. The number of piperidine rings is 1. The monoisotopic (exact) mass is 256 g/mol. The van der Waals surface area contributed by atoms with E-state index in [1.807, 2.05) is 13.8 Å². The maximum atomic E-state index is 11.8. The molecule has 1 aliphatic heterocycles. The van der Waals surface area contributed by atoms with Crippen LogP contribution in [-0.2, 0) is 4.74 Å². The lowest BCUT2D eigenvalue weighted by atomic mass is 9.96. The SMILES string of the molecule is C=C(C)COCCNC(=O)N1CCC(C)C(O)C1. The molecule has 0 bridgehead atoms. The Bertz CT molecular complexity index is 294. The summed E-state index contributed by atoms with van der Waals surface area (Å²) in [5.74, 6) is 0.271. The zero-order valence-corrected chi connectivity index (χ0v) is 11.3. The van der Waals surface area contributed by atoms with Crippen LogP contribution in [0.5, 0.6) is 0 Å². The van der Waals surface area contributed by atoms with E-state index in [1.165, 1.54) is 0 Å². The van der Waals surface area contributed by atoms with Crippen molar-refractivity contribution in [3.05, 3.63) is 12.2 Å². The van der Waals surface area contributed by atoms with E-state index in [1.54, 1.807) is 4.90 Å². The molecular formula is C13H24N2O3. The number of carbonyl (C=O) groups excluding carboxylic acids is 1. The standard InChI is InChI=1S/C13H24N2O3/c1-10(2)9-18-7-5-14-13(17)15-6-4-11(3)12(16)8-15/h11-12,16H,1,4-9H2,2-3H3,(H,14,17). The second kappa shape index (κ2) is 7.38. The van der Waals surface area contributed by atoms with Gasteiger partial charge in [-0.1, -0.05) is 19.1 Å². The summed E-state index contributed by atoms with van der Waals surface area (Å²) in [6, 6.07) is -0.125. The normalized spacial score (nSPS) is 23.8. The summed E-state index contributed by atoms with van der Waals surface area (Å²) in [5.41, 5.74) is 0.967. The molecule has 18 heavy (non-hydrogen) atoms. The molecule has 0 radical (unpaired) electrons. The van der Waals surface area contributed by atoms with Crippen molar-refractivity contribution in [3.63, 3.8) is 0 Å². The Morgan fingerprint density at radius 3 is 2.94 bits per heavy atom. The smallest absolute Gasteiger partial charge is 0.317 e. The van der Waals surface area contributed by atoms with Crippen LogP contribution in [0.2, 0.25) is 0 Å². The van der Waals surface area contributed by atoms with E-state index < -0.39 is 6.10 Å². The van der Waals surface area contributed by atoms with Crippen molar-refractivity contribution in [2.45, 2.75) is 26.4 Å². The molecule has 2 unspecified atom stereocenters. The number of likely N-dealkylation sites (tertiary alicyclic amines) is 1. The molecule has 0 aliphatic carbocycles. The molecule has 2 amide bonds. The molecule has 0 aromatic carbocycles. The first-order valence-electron chi connectivity index (χ1n) is 6.43. The molecule has 1 rings (SSSR count). The van der Waals surface area contributed by atoms with Gasteiger partial charge in [0.05, 0.1) is 19.3 Å². The van der Waals surface area contributed by atoms with Crippen molar-refractivity contribution in [1.29, 1.82) is 0 Å². The Labute approximate surface area is 109 Å². The van der Waals surface area contributed by atoms with Gasteiger partial charge in [0.1, 0.15) is 0 Å². The molecule has 1 fully saturated rings. The maximum absolute atomic E-state index is 11.8. The van der Waals surface area contributed by atoms with Crippen LogP contribution < -0.4 is 5.32 Å². The highest BCUT2D eigenvalue weighted by Crippen LogP contribution is 2.16. The summed E-state index contributed by atoms with van der Waals surface area (Å²) in [6.07, 6.45) is 0.435. The van der Waals surface area contributed by atoms with Crippen LogP contribution in [0.3, 0.4) is 0 Å². The number of amides is 2. The first kappa shape index (κ1) is 15.0. The van der Waals surface area contributed by atoms with Crippen molar-refractivity contribution in [1.82, 2.24) is 10.2 Å². The minimum atomic E-state index is -0.413. The average Bonchev–Trinajstić information content (AvgIpc) is 2.31. The molecule has 5 nitrogen and oxygen atoms in total. The van der Waals surface area contributed by atoms with E-state index >= 15 is 0 Å². The van der Waals surface area contributed by atoms with Gasteiger partial charge in [-0.15, -0.1) is 0 Å². The Hall–Kier alpha value is -1.07. The van der Waals surface area contributed by atoms with Crippen LogP contribution in [0.25, 0.3) is 0 Å². The van der Waals surface area contributed by atoms with Crippen LogP contribution in [0.4, 0.5) is 4.79 Å². The van der Waals surface area contributed by atoms with Gasteiger partial charge < -0.3 is 20.1 Å². The Kier molecular flexibility index (Phi) is 6.15. The summed E-state index contributed by atoms with van der Waals surface area (Å²) >= 11 is 0. The number of aliphatic hydroxyl groups excluding tert-OH is 1. The molecular weight excluding hydrogens is 232 g/mol. The van der Waals surface area contributed by atoms with Crippen molar-refractivity contribution in [2.75, 3.05) is 32.8 Å². The number of β-amino-alcohol motifs (C(OH)–C–C–N with tert-alkyl or cyclic N) is 1. The maximum Gasteiger partial charge on any atom is 0.317 e. The molecule has 2 atom stereocenters. The van der Waals surface area contributed by atoms with Gasteiger partial charge in [0.25, 0.3) is 0 Å². The third-order valence-electron chi connectivity index (χ3n) is 3.08. The minimum absolute atomic E-state index is 0.125. The summed E-state index contributed by atoms with van der Waals surface area (Å²) in [7, 11) is 0. The van der Waals surface area contributed by atoms with Gasteiger partial charge in [-0.25, -0.2) is 4.79 Å². The van der Waals surface area contributed by atoms with Gasteiger partial charge in [-0.05, 0) is 19.3 Å². The fourth-order valence-electron chi connectivity index (χ4n) is 1.82. The number of ether oxygens (including phenoxy) is 1. The summed E-state index contributed by atoms with van der Waals surface area (Å²) in [4.78, 5) is 13.4. The van der Waals surface area contributed by atoms with Crippen LogP contribution in [0, 0.1) is 5.92 Å². The fourth-order valence-corrected chi connectivity index (χ4v) is 1.82. The number of hydrogen-bond donors (Lipinski definition) is 2. The molecule has 0 aromatic rings. The highest BCUT2D eigenvalue weighted by atomic mass is 16.5. The van der Waals surface area contributed by atoms with E-state index in [9.17, 15) is 9.90 Å². The lowest BCUT2D eigenvalue weighted by Gasteiger charge is -2.34. The zero-order valence-electron chi connectivity index (χ0n) is 11.3. The first-order chi connectivity index (χ1) is 8.50. The third-order valence-corrected chi connectivity index (χ3v) is 3.08. The molecule has 2 N–H and O–H groups in total. The second-order valence-electron chi connectivity index (χ2n) is 5.02. The first-order valence-corrected chi connectivity index (χ1v) is 6.43. The topological polar surface area (TPSA) is 61.8 Å². The molecule has 104 valence electrons. The molecule has 1 saturated heterocycles. The van der Waals surface area contributed by atoms with E-state index in [0.717, 1.165) is 12.0 Å². The number of nitrogens with zero attached hydrogens (tertiary/aromatic N) is 1. The van der Waals surface area contributed by atoms with Crippen molar-refractivity contribution < 1.29 is 14.6 Å². The lowest BCUT2D eigenvalue weighted by Crippen LogP contribution is -2.50. The number of aliphatic hydroxyl groups is 1. The van der Waals surface area contributed by atoms with E-state index in [0.29, 0.717) is 32.8 Å². The van der Waals surface area contributed by atoms with E-state index in [2.05, 4.69) is 11.9 Å². The number of carbonyl (C=O) groups is 1. The Morgan fingerprint density at radius 1 is 1.61 bits per heavy atom. The van der Waals surface area contributed by atoms with Gasteiger partial charge >= 0.3 is 6.03 Å². The third kappa shape index (κ3) is 5.06. The van der Waals surface area contributed by atoms with Crippen molar-refractivity contribution >= 4 is 6.03 Å². The minimum Gasteiger partial charge on any atom is -0.391 e. The quantitative estimate of drug-likeness (QED) is 0.569. The predicted molar refractivity (Wildman–Crippen MR) is 70.4 cm³/mol. The van der Waals surface area contributed by atoms with Gasteiger partial charge in [0.15, 0.2) is 0 Å². The van der Waals surface area contributed by atoms with Gasteiger partial charge in [0, 0.05) is 19.6 Å². The van der Waals surface area contributed by atoms with Crippen LogP contribution in [0.1, 0.15) is 20.3 Å². The largest absolute Gasteiger partial charge is 0.391 e. The van der Waals surface area contributed by atoms with Gasteiger partial charge in [0.2, 0.25) is 0 Å². The fraction of sp³-hybridized carbons (Fsp3) is 0.769. The number of rotatable bonds is 5. The summed E-state index contributed by atoms with van der Waals surface area (Å²) in [5, 5.41) is 12.5. The molecule has 1 aliphatic rings. The molecule has 0 saturated carbocycles.